The first kappa shape index (κ1) is 6.66. The lowest BCUT2D eigenvalue weighted by Crippen LogP contribution is -2.05. The van der Waals surface area contributed by atoms with Crippen LogP contribution in [-0.4, -0.2) is 13.2 Å². The average Bonchev–Trinajstić information content (AvgIpc) is 2.42. The van der Waals surface area contributed by atoms with E-state index in [0.717, 1.165) is 11.8 Å². The highest BCUT2D eigenvalue weighted by Crippen LogP contribution is 2.44. The van der Waals surface area contributed by atoms with Crippen molar-refractivity contribution in [3.63, 3.8) is 0 Å². The molecule has 2 rings (SSSR count). The third kappa shape index (κ3) is 0.968. The van der Waals surface area contributed by atoms with E-state index < -0.39 is 0 Å². The Morgan fingerprint density at radius 1 is 1.10 bits per heavy atom. The van der Waals surface area contributed by atoms with Gasteiger partial charge in [-0.2, -0.15) is 0 Å². The van der Waals surface area contributed by atoms with Crippen LogP contribution in [0.5, 0.6) is 0 Å². The first-order valence-electron chi connectivity index (χ1n) is 4.43. The molecule has 0 N–H and O–H groups in total. The predicted octanol–water partition coefficient (Wildman–Crippen LogP) is 2.21. The average molecular weight is 140 g/mol. The fraction of sp³-hybridized carbons (Fsp3) is 1.00. The summed E-state index contributed by atoms with van der Waals surface area (Å²) in [5.74, 6) is 2.06. The molecule has 2 aliphatic rings. The summed E-state index contributed by atoms with van der Waals surface area (Å²) in [7, 11) is 1.85. The van der Waals surface area contributed by atoms with E-state index in [4.69, 9.17) is 4.74 Å². The lowest BCUT2D eigenvalue weighted by molar-refractivity contribution is 0.101. The third-order valence-electron chi connectivity index (χ3n) is 3.28. The van der Waals surface area contributed by atoms with Crippen molar-refractivity contribution in [3.05, 3.63) is 0 Å². The molecule has 0 aromatic rings. The van der Waals surface area contributed by atoms with Crippen LogP contribution in [0.15, 0.2) is 0 Å². The van der Waals surface area contributed by atoms with Crippen LogP contribution in [-0.2, 0) is 4.74 Å². The molecule has 2 atom stereocenters. The molecule has 2 saturated carbocycles. The summed E-state index contributed by atoms with van der Waals surface area (Å²) in [6.45, 7) is 0. The molecule has 0 saturated heterocycles. The normalized spacial score (nSPS) is 45.9. The van der Waals surface area contributed by atoms with Gasteiger partial charge in [0.1, 0.15) is 0 Å². The second kappa shape index (κ2) is 2.54. The van der Waals surface area contributed by atoms with Gasteiger partial charge in [-0.05, 0) is 24.7 Å². The topological polar surface area (TPSA) is 9.23 Å². The number of ether oxygens (including phenoxy) is 1. The maximum absolute atomic E-state index is 5.35. The summed E-state index contributed by atoms with van der Waals surface area (Å²) in [5.41, 5.74) is 0. The van der Waals surface area contributed by atoms with Gasteiger partial charge in [0.15, 0.2) is 0 Å². The van der Waals surface area contributed by atoms with Gasteiger partial charge in [-0.3, -0.25) is 0 Å². The largest absolute Gasteiger partial charge is 0.381 e. The molecule has 0 radical (unpaired) electrons. The Morgan fingerprint density at radius 2 is 1.70 bits per heavy atom. The number of methoxy groups -OCH3 is 1. The first-order chi connectivity index (χ1) is 4.90. The molecule has 58 valence electrons. The van der Waals surface area contributed by atoms with E-state index in [1.165, 1.54) is 32.1 Å². The molecular weight excluding hydrogens is 124 g/mol. The minimum atomic E-state index is 0.607. The van der Waals surface area contributed by atoms with Crippen LogP contribution >= 0.6 is 0 Å². The minimum absolute atomic E-state index is 0.607. The molecule has 0 spiro atoms. The molecule has 2 fully saturated rings. The van der Waals surface area contributed by atoms with Gasteiger partial charge in [-0.15, -0.1) is 0 Å². The monoisotopic (exact) mass is 140 g/mol. The highest BCUT2D eigenvalue weighted by Gasteiger charge is 2.36. The van der Waals surface area contributed by atoms with Crippen LogP contribution in [0.25, 0.3) is 0 Å². The van der Waals surface area contributed by atoms with Crippen molar-refractivity contribution in [2.75, 3.05) is 7.11 Å². The zero-order valence-electron chi connectivity index (χ0n) is 6.68. The maximum atomic E-state index is 5.35. The fourth-order valence-corrected chi connectivity index (χ4v) is 2.70. The van der Waals surface area contributed by atoms with E-state index >= 15 is 0 Å². The smallest absolute Gasteiger partial charge is 0.0576 e. The van der Waals surface area contributed by atoms with Gasteiger partial charge in [-0.1, -0.05) is 19.3 Å². The molecule has 10 heavy (non-hydrogen) atoms. The molecule has 0 aromatic heterocycles. The molecular formula is C9H16O. The summed E-state index contributed by atoms with van der Waals surface area (Å²) < 4.78 is 5.35. The predicted molar refractivity (Wildman–Crippen MR) is 40.9 cm³/mol. The molecule has 1 nitrogen and oxygen atoms in total. The highest BCUT2D eigenvalue weighted by molar-refractivity contribution is 4.88. The second-order valence-electron chi connectivity index (χ2n) is 3.78. The molecule has 1 heteroatoms. The van der Waals surface area contributed by atoms with E-state index in [0.29, 0.717) is 6.10 Å². The molecule has 0 aliphatic heterocycles. The minimum Gasteiger partial charge on any atom is -0.381 e. The number of hydrogen-bond donors (Lipinski definition) is 0. The molecule has 0 heterocycles. The summed E-state index contributed by atoms with van der Waals surface area (Å²) in [6.07, 6.45) is 7.73. The van der Waals surface area contributed by atoms with Crippen molar-refractivity contribution < 1.29 is 4.74 Å². The Hall–Kier alpha value is -0.0400. The first-order valence-corrected chi connectivity index (χ1v) is 4.43. The zero-order valence-corrected chi connectivity index (χ0v) is 6.68. The molecule has 2 unspecified atom stereocenters. The summed E-state index contributed by atoms with van der Waals surface area (Å²) in [6, 6.07) is 0. The summed E-state index contributed by atoms with van der Waals surface area (Å²) in [4.78, 5) is 0. The standard InChI is InChI=1S/C9H16O/c1-10-9-5-7-3-2-4-8(7)6-9/h7-9H,2-6H2,1H3. The van der Waals surface area contributed by atoms with E-state index in [9.17, 15) is 0 Å². The van der Waals surface area contributed by atoms with Gasteiger partial charge in [0.25, 0.3) is 0 Å². The van der Waals surface area contributed by atoms with Crippen molar-refractivity contribution >= 4 is 0 Å². The Kier molecular flexibility index (Phi) is 1.69. The Morgan fingerprint density at radius 3 is 2.20 bits per heavy atom. The molecule has 2 aliphatic carbocycles. The van der Waals surface area contributed by atoms with Crippen LogP contribution in [0.1, 0.15) is 32.1 Å². The van der Waals surface area contributed by atoms with Gasteiger partial charge in [0, 0.05) is 7.11 Å². The molecule has 0 aromatic carbocycles. The van der Waals surface area contributed by atoms with Crippen molar-refractivity contribution in [1.82, 2.24) is 0 Å². The van der Waals surface area contributed by atoms with Crippen molar-refractivity contribution in [3.8, 4) is 0 Å². The van der Waals surface area contributed by atoms with E-state index in [1.807, 2.05) is 7.11 Å². The van der Waals surface area contributed by atoms with Crippen LogP contribution in [0.3, 0.4) is 0 Å². The second-order valence-corrected chi connectivity index (χ2v) is 3.78. The lowest BCUT2D eigenvalue weighted by Gasteiger charge is -2.06. The van der Waals surface area contributed by atoms with Crippen LogP contribution in [0.2, 0.25) is 0 Å². The van der Waals surface area contributed by atoms with E-state index in [2.05, 4.69) is 0 Å². The summed E-state index contributed by atoms with van der Waals surface area (Å²) >= 11 is 0. The Labute approximate surface area is 62.8 Å². The zero-order chi connectivity index (χ0) is 6.97. The van der Waals surface area contributed by atoms with Gasteiger partial charge in [-0.25, -0.2) is 0 Å². The lowest BCUT2D eigenvalue weighted by atomic mass is 10.0. The summed E-state index contributed by atoms with van der Waals surface area (Å²) in [5, 5.41) is 0. The van der Waals surface area contributed by atoms with E-state index in [-0.39, 0.29) is 0 Å². The fourth-order valence-electron chi connectivity index (χ4n) is 2.70. The van der Waals surface area contributed by atoms with Gasteiger partial charge in [0.05, 0.1) is 6.10 Å². The van der Waals surface area contributed by atoms with Gasteiger partial charge < -0.3 is 4.74 Å². The van der Waals surface area contributed by atoms with Crippen molar-refractivity contribution in [2.45, 2.75) is 38.2 Å². The van der Waals surface area contributed by atoms with Crippen LogP contribution in [0, 0.1) is 11.8 Å². The highest BCUT2D eigenvalue weighted by atomic mass is 16.5. The quantitative estimate of drug-likeness (QED) is 0.542. The number of rotatable bonds is 1. The van der Waals surface area contributed by atoms with Gasteiger partial charge >= 0.3 is 0 Å². The number of fused-ring (bicyclic) bond motifs is 1. The van der Waals surface area contributed by atoms with Crippen LogP contribution < -0.4 is 0 Å². The van der Waals surface area contributed by atoms with Crippen molar-refractivity contribution in [1.29, 1.82) is 0 Å². The molecule has 0 bridgehead atoms. The number of hydrogen-bond acceptors (Lipinski definition) is 1. The maximum Gasteiger partial charge on any atom is 0.0576 e. The van der Waals surface area contributed by atoms with Crippen molar-refractivity contribution in [2.24, 2.45) is 11.8 Å². The van der Waals surface area contributed by atoms with Crippen LogP contribution in [0.4, 0.5) is 0 Å². The molecule has 0 amide bonds. The Bertz CT molecular complexity index is 110. The van der Waals surface area contributed by atoms with E-state index in [1.54, 1.807) is 0 Å². The Balaban J connectivity index is 1.94. The third-order valence-corrected chi connectivity index (χ3v) is 3.28. The SMILES string of the molecule is COC1CC2CCCC2C1. The van der Waals surface area contributed by atoms with Gasteiger partial charge in [0.2, 0.25) is 0 Å².